The number of ketones is 1. The molecule has 0 aromatic heterocycles. The van der Waals surface area contributed by atoms with Gasteiger partial charge in [-0.3, -0.25) is 4.79 Å². The average Bonchev–Trinajstić information content (AvgIpc) is 2.45. The molecule has 1 nitrogen and oxygen atoms in total. The topological polar surface area (TPSA) is 17.1 Å². The van der Waals surface area contributed by atoms with Gasteiger partial charge in [-0.05, 0) is 48.2 Å². The Balaban J connectivity index is 2.43. The Kier molecular flexibility index (Phi) is 4.56. The Bertz CT molecular complexity index is 649. The minimum absolute atomic E-state index is 0.146. The van der Waals surface area contributed by atoms with Crippen molar-refractivity contribution in [1.29, 1.82) is 0 Å². The Hall–Kier alpha value is -1.67. The van der Waals surface area contributed by atoms with Gasteiger partial charge in [0, 0.05) is 11.1 Å². The van der Waals surface area contributed by atoms with Gasteiger partial charge < -0.3 is 0 Å². The van der Waals surface area contributed by atoms with Crippen molar-refractivity contribution in [3.8, 4) is 0 Å². The van der Waals surface area contributed by atoms with E-state index in [0.717, 1.165) is 24.5 Å². The van der Waals surface area contributed by atoms with Crippen LogP contribution in [0.25, 0.3) is 0 Å². The number of carbonyl (C=O) groups is 1. The third-order valence-electron chi connectivity index (χ3n) is 3.41. The van der Waals surface area contributed by atoms with E-state index in [4.69, 9.17) is 11.6 Å². The number of carbonyl (C=O) groups excluding carboxylic acids is 1. The highest BCUT2D eigenvalue weighted by atomic mass is 35.5. The van der Waals surface area contributed by atoms with Crippen LogP contribution >= 0.6 is 11.6 Å². The maximum absolute atomic E-state index is 13.0. The minimum atomic E-state index is -0.442. The van der Waals surface area contributed by atoms with Crippen molar-refractivity contribution in [3.63, 3.8) is 0 Å². The van der Waals surface area contributed by atoms with Gasteiger partial charge >= 0.3 is 0 Å². The standard InChI is InChI=1S/C17H16ClFO/c1-3-11-5-6-13(9-12(11)4-2)17(20)15-8-7-14(19)10-16(15)18/h5-10H,3-4H2,1-2H3. The van der Waals surface area contributed by atoms with Crippen LogP contribution in [0.2, 0.25) is 5.02 Å². The highest BCUT2D eigenvalue weighted by Gasteiger charge is 2.14. The van der Waals surface area contributed by atoms with Crippen LogP contribution in [-0.4, -0.2) is 5.78 Å². The van der Waals surface area contributed by atoms with Crippen LogP contribution in [-0.2, 0) is 12.8 Å². The summed E-state index contributed by atoms with van der Waals surface area (Å²) in [4.78, 5) is 12.4. The quantitative estimate of drug-likeness (QED) is 0.737. The fraction of sp³-hybridized carbons (Fsp3) is 0.235. The van der Waals surface area contributed by atoms with Crippen LogP contribution in [0.15, 0.2) is 36.4 Å². The smallest absolute Gasteiger partial charge is 0.194 e. The molecule has 0 aliphatic rings. The lowest BCUT2D eigenvalue weighted by Crippen LogP contribution is -2.04. The summed E-state index contributed by atoms with van der Waals surface area (Å²) < 4.78 is 13.0. The van der Waals surface area contributed by atoms with E-state index in [9.17, 15) is 9.18 Å². The normalized spacial score (nSPS) is 10.6. The van der Waals surface area contributed by atoms with Crippen molar-refractivity contribution >= 4 is 17.4 Å². The molecule has 0 aliphatic heterocycles. The van der Waals surface area contributed by atoms with Gasteiger partial charge in [-0.2, -0.15) is 0 Å². The largest absolute Gasteiger partial charge is 0.289 e. The summed E-state index contributed by atoms with van der Waals surface area (Å²) in [7, 11) is 0. The molecule has 0 radical (unpaired) electrons. The summed E-state index contributed by atoms with van der Waals surface area (Å²) in [5, 5.41) is 0.146. The zero-order chi connectivity index (χ0) is 14.7. The molecule has 3 heteroatoms. The maximum Gasteiger partial charge on any atom is 0.194 e. The van der Waals surface area contributed by atoms with E-state index in [-0.39, 0.29) is 10.8 Å². The number of hydrogen-bond acceptors (Lipinski definition) is 1. The molecular weight excluding hydrogens is 275 g/mol. The molecule has 0 saturated carbocycles. The summed E-state index contributed by atoms with van der Waals surface area (Å²) in [6, 6.07) is 9.53. The van der Waals surface area contributed by atoms with E-state index in [0.29, 0.717) is 11.1 Å². The molecule has 0 amide bonds. The van der Waals surface area contributed by atoms with Crippen molar-refractivity contribution in [2.24, 2.45) is 0 Å². The Morgan fingerprint density at radius 1 is 1.05 bits per heavy atom. The van der Waals surface area contributed by atoms with Crippen LogP contribution < -0.4 is 0 Å². The van der Waals surface area contributed by atoms with Gasteiger partial charge in [0.2, 0.25) is 0 Å². The zero-order valence-electron chi connectivity index (χ0n) is 11.5. The van der Waals surface area contributed by atoms with Gasteiger partial charge in [-0.25, -0.2) is 4.39 Å². The fourth-order valence-electron chi connectivity index (χ4n) is 2.27. The summed E-state index contributed by atoms with van der Waals surface area (Å²) in [5.41, 5.74) is 3.33. The molecule has 0 N–H and O–H groups in total. The molecule has 0 fully saturated rings. The first kappa shape index (κ1) is 14.7. The second-order valence-corrected chi connectivity index (χ2v) is 5.05. The summed E-state index contributed by atoms with van der Waals surface area (Å²) >= 11 is 5.95. The predicted octanol–water partition coefficient (Wildman–Crippen LogP) is 4.83. The molecular formula is C17H16ClFO. The van der Waals surface area contributed by atoms with E-state index >= 15 is 0 Å². The SMILES string of the molecule is CCc1ccc(C(=O)c2ccc(F)cc2Cl)cc1CC. The molecule has 2 aromatic carbocycles. The zero-order valence-corrected chi connectivity index (χ0v) is 12.3. The Morgan fingerprint density at radius 2 is 1.75 bits per heavy atom. The first-order valence-electron chi connectivity index (χ1n) is 6.68. The molecule has 0 aliphatic carbocycles. The molecule has 104 valence electrons. The van der Waals surface area contributed by atoms with Gasteiger partial charge in [0.25, 0.3) is 0 Å². The molecule has 0 saturated heterocycles. The van der Waals surface area contributed by atoms with Gasteiger partial charge in [0.05, 0.1) is 5.02 Å². The molecule has 2 rings (SSSR count). The molecule has 0 spiro atoms. The minimum Gasteiger partial charge on any atom is -0.289 e. The van der Waals surface area contributed by atoms with Crippen molar-refractivity contribution in [3.05, 3.63) is 69.5 Å². The molecule has 0 unspecified atom stereocenters. The second-order valence-electron chi connectivity index (χ2n) is 4.64. The lowest BCUT2D eigenvalue weighted by atomic mass is 9.96. The number of aryl methyl sites for hydroxylation is 2. The molecule has 20 heavy (non-hydrogen) atoms. The number of rotatable bonds is 4. The van der Waals surface area contributed by atoms with Gasteiger partial charge in [-0.15, -0.1) is 0 Å². The van der Waals surface area contributed by atoms with Crippen molar-refractivity contribution in [2.45, 2.75) is 26.7 Å². The average molecular weight is 291 g/mol. The van der Waals surface area contributed by atoms with Crippen molar-refractivity contribution in [1.82, 2.24) is 0 Å². The summed E-state index contributed by atoms with van der Waals surface area (Å²) in [6.07, 6.45) is 1.82. The number of hydrogen-bond donors (Lipinski definition) is 0. The Labute approximate surface area is 123 Å². The highest BCUT2D eigenvalue weighted by Crippen LogP contribution is 2.22. The number of halogens is 2. The number of benzene rings is 2. The van der Waals surface area contributed by atoms with Crippen LogP contribution in [0.3, 0.4) is 0 Å². The predicted molar refractivity (Wildman–Crippen MR) is 80.0 cm³/mol. The third kappa shape index (κ3) is 2.91. The van der Waals surface area contributed by atoms with Crippen LogP contribution in [0, 0.1) is 5.82 Å². The van der Waals surface area contributed by atoms with E-state index in [1.807, 2.05) is 12.1 Å². The van der Waals surface area contributed by atoms with Crippen molar-refractivity contribution in [2.75, 3.05) is 0 Å². The van der Waals surface area contributed by atoms with E-state index in [1.54, 1.807) is 6.07 Å². The Morgan fingerprint density at radius 3 is 2.35 bits per heavy atom. The molecule has 2 aromatic rings. The molecule has 0 heterocycles. The first-order chi connectivity index (χ1) is 9.56. The van der Waals surface area contributed by atoms with E-state index in [2.05, 4.69) is 13.8 Å². The summed E-state index contributed by atoms with van der Waals surface area (Å²) in [6.45, 7) is 4.15. The van der Waals surface area contributed by atoms with E-state index < -0.39 is 5.82 Å². The molecule has 0 bridgehead atoms. The highest BCUT2D eigenvalue weighted by molar-refractivity contribution is 6.35. The maximum atomic E-state index is 13.0. The third-order valence-corrected chi connectivity index (χ3v) is 3.72. The van der Waals surface area contributed by atoms with Gasteiger partial charge in [0.1, 0.15) is 5.82 Å². The van der Waals surface area contributed by atoms with Gasteiger partial charge in [-0.1, -0.05) is 37.6 Å². The second kappa shape index (κ2) is 6.19. The van der Waals surface area contributed by atoms with Crippen molar-refractivity contribution < 1.29 is 9.18 Å². The lowest BCUT2D eigenvalue weighted by Gasteiger charge is -2.09. The van der Waals surface area contributed by atoms with Crippen LogP contribution in [0.4, 0.5) is 4.39 Å². The first-order valence-corrected chi connectivity index (χ1v) is 7.06. The van der Waals surface area contributed by atoms with E-state index in [1.165, 1.54) is 17.7 Å². The van der Waals surface area contributed by atoms with Crippen LogP contribution in [0.5, 0.6) is 0 Å². The van der Waals surface area contributed by atoms with Crippen LogP contribution in [0.1, 0.15) is 40.9 Å². The molecule has 0 atom stereocenters. The van der Waals surface area contributed by atoms with Gasteiger partial charge in [0.15, 0.2) is 5.78 Å². The monoisotopic (exact) mass is 290 g/mol. The fourth-order valence-corrected chi connectivity index (χ4v) is 2.52. The lowest BCUT2D eigenvalue weighted by molar-refractivity contribution is 0.103. The summed E-state index contributed by atoms with van der Waals surface area (Å²) in [5.74, 6) is -0.616.